The van der Waals surface area contributed by atoms with Crippen molar-refractivity contribution in [2.45, 2.75) is 13.2 Å². The molecule has 0 aliphatic rings. The number of amides is 1. The third kappa shape index (κ3) is 2.96. The van der Waals surface area contributed by atoms with E-state index in [2.05, 4.69) is 11.2 Å². The minimum Gasteiger partial charge on any atom is -0.392 e. The first-order valence-corrected chi connectivity index (χ1v) is 4.22. The van der Waals surface area contributed by atoms with Crippen LogP contribution in [0.3, 0.4) is 0 Å². The van der Waals surface area contributed by atoms with Gasteiger partial charge in [0.05, 0.1) is 13.2 Å². The standard InChI is InChI=1S/C10H12N2O2/c1-2-4-11-10(14)7-12-5-3-9(6-12)8-13/h1,3,5-6,13H,4,7-8H2,(H,11,14). The number of nitrogens with zero attached hydrogens (tertiary/aromatic N) is 1. The molecule has 4 nitrogen and oxygen atoms in total. The van der Waals surface area contributed by atoms with Crippen LogP contribution in [0.2, 0.25) is 0 Å². The Kier molecular flexibility index (Phi) is 3.77. The fraction of sp³-hybridized carbons (Fsp3) is 0.300. The largest absolute Gasteiger partial charge is 0.392 e. The lowest BCUT2D eigenvalue weighted by atomic mass is 10.4. The second kappa shape index (κ2) is 5.10. The lowest BCUT2D eigenvalue weighted by Crippen LogP contribution is -2.27. The van der Waals surface area contributed by atoms with E-state index in [-0.39, 0.29) is 25.6 Å². The number of aromatic nitrogens is 1. The average molecular weight is 192 g/mol. The molecule has 2 N–H and O–H groups in total. The average Bonchev–Trinajstić information content (AvgIpc) is 2.62. The van der Waals surface area contributed by atoms with E-state index < -0.39 is 0 Å². The molecule has 0 aliphatic heterocycles. The summed E-state index contributed by atoms with van der Waals surface area (Å²) in [5.41, 5.74) is 0.787. The van der Waals surface area contributed by atoms with E-state index in [9.17, 15) is 4.79 Å². The molecular weight excluding hydrogens is 180 g/mol. The van der Waals surface area contributed by atoms with Gasteiger partial charge in [-0.3, -0.25) is 4.79 Å². The van der Waals surface area contributed by atoms with E-state index in [0.717, 1.165) is 5.56 Å². The summed E-state index contributed by atoms with van der Waals surface area (Å²) in [6.45, 7) is 0.452. The number of aliphatic hydroxyl groups excluding tert-OH is 1. The highest BCUT2D eigenvalue weighted by atomic mass is 16.3. The number of aliphatic hydroxyl groups is 1. The third-order valence-corrected chi connectivity index (χ3v) is 1.71. The highest BCUT2D eigenvalue weighted by molar-refractivity contribution is 5.75. The van der Waals surface area contributed by atoms with Crippen molar-refractivity contribution in [1.29, 1.82) is 0 Å². The molecule has 0 aromatic carbocycles. The third-order valence-electron chi connectivity index (χ3n) is 1.71. The van der Waals surface area contributed by atoms with Crippen molar-refractivity contribution >= 4 is 5.91 Å². The number of rotatable bonds is 4. The monoisotopic (exact) mass is 192 g/mol. The van der Waals surface area contributed by atoms with Gasteiger partial charge in [-0.1, -0.05) is 5.92 Å². The second-order valence-electron chi connectivity index (χ2n) is 2.83. The van der Waals surface area contributed by atoms with Gasteiger partial charge in [0, 0.05) is 12.4 Å². The van der Waals surface area contributed by atoms with Gasteiger partial charge in [0.2, 0.25) is 5.91 Å². The summed E-state index contributed by atoms with van der Waals surface area (Å²) in [4.78, 5) is 11.2. The summed E-state index contributed by atoms with van der Waals surface area (Å²) in [6, 6.07) is 1.76. The minimum absolute atomic E-state index is 0.0149. The van der Waals surface area contributed by atoms with Crippen molar-refractivity contribution in [3.05, 3.63) is 24.0 Å². The maximum absolute atomic E-state index is 11.2. The van der Waals surface area contributed by atoms with Crippen LogP contribution in [0.15, 0.2) is 18.5 Å². The Morgan fingerprint density at radius 1 is 1.71 bits per heavy atom. The molecular formula is C10H12N2O2. The van der Waals surface area contributed by atoms with Crippen LogP contribution in [0.5, 0.6) is 0 Å². The van der Waals surface area contributed by atoms with Crippen molar-refractivity contribution < 1.29 is 9.90 Å². The zero-order valence-electron chi connectivity index (χ0n) is 7.73. The summed E-state index contributed by atoms with van der Waals surface area (Å²) in [7, 11) is 0. The summed E-state index contributed by atoms with van der Waals surface area (Å²) in [5, 5.41) is 11.3. The Balaban J connectivity index is 2.44. The molecule has 4 heteroatoms. The molecule has 0 spiro atoms. The van der Waals surface area contributed by atoms with Gasteiger partial charge in [0.25, 0.3) is 0 Å². The molecule has 1 rings (SSSR count). The number of nitrogens with one attached hydrogen (secondary N) is 1. The van der Waals surface area contributed by atoms with Crippen molar-refractivity contribution in [3.8, 4) is 12.3 Å². The van der Waals surface area contributed by atoms with E-state index in [1.165, 1.54) is 0 Å². The number of carbonyl (C=O) groups is 1. The molecule has 0 radical (unpaired) electrons. The van der Waals surface area contributed by atoms with Crippen LogP contribution < -0.4 is 5.32 Å². The fourth-order valence-corrected chi connectivity index (χ4v) is 1.05. The van der Waals surface area contributed by atoms with Gasteiger partial charge in [-0.15, -0.1) is 6.42 Å². The van der Waals surface area contributed by atoms with Crippen LogP contribution in [-0.4, -0.2) is 22.1 Å². The highest BCUT2D eigenvalue weighted by Gasteiger charge is 2.01. The number of carbonyl (C=O) groups excluding carboxylic acids is 1. The normalized spacial score (nSPS) is 9.43. The van der Waals surface area contributed by atoms with Gasteiger partial charge in [0.1, 0.15) is 6.54 Å². The van der Waals surface area contributed by atoms with Gasteiger partial charge in [0.15, 0.2) is 0 Å². The summed E-state index contributed by atoms with van der Waals surface area (Å²) in [5.74, 6) is 2.18. The molecule has 1 aromatic heterocycles. The second-order valence-corrected chi connectivity index (χ2v) is 2.83. The summed E-state index contributed by atoms with van der Waals surface area (Å²) in [6.07, 6.45) is 8.45. The van der Waals surface area contributed by atoms with Crippen LogP contribution >= 0.6 is 0 Å². The summed E-state index contributed by atoms with van der Waals surface area (Å²) < 4.78 is 1.69. The van der Waals surface area contributed by atoms with Gasteiger partial charge >= 0.3 is 0 Å². The zero-order chi connectivity index (χ0) is 10.4. The number of hydrogen-bond donors (Lipinski definition) is 2. The van der Waals surface area contributed by atoms with Gasteiger partial charge in [-0.2, -0.15) is 0 Å². The Morgan fingerprint density at radius 3 is 3.07 bits per heavy atom. The van der Waals surface area contributed by atoms with E-state index in [0.29, 0.717) is 0 Å². The smallest absolute Gasteiger partial charge is 0.240 e. The Morgan fingerprint density at radius 2 is 2.50 bits per heavy atom. The molecule has 0 fully saturated rings. The minimum atomic E-state index is -0.136. The Labute approximate surface area is 82.5 Å². The molecule has 14 heavy (non-hydrogen) atoms. The highest BCUT2D eigenvalue weighted by Crippen LogP contribution is 2.00. The molecule has 0 saturated carbocycles. The fourth-order valence-electron chi connectivity index (χ4n) is 1.05. The molecule has 0 saturated heterocycles. The Hall–Kier alpha value is -1.73. The predicted molar refractivity (Wildman–Crippen MR) is 52.2 cm³/mol. The molecule has 1 amide bonds. The molecule has 1 heterocycles. The van der Waals surface area contributed by atoms with Crippen LogP contribution in [0.1, 0.15) is 5.56 Å². The topological polar surface area (TPSA) is 54.3 Å². The van der Waals surface area contributed by atoms with E-state index in [1.807, 2.05) is 0 Å². The first-order valence-electron chi connectivity index (χ1n) is 4.22. The van der Waals surface area contributed by atoms with Crippen molar-refractivity contribution in [2.24, 2.45) is 0 Å². The van der Waals surface area contributed by atoms with E-state index >= 15 is 0 Å². The lowest BCUT2D eigenvalue weighted by molar-refractivity contribution is -0.121. The van der Waals surface area contributed by atoms with Crippen molar-refractivity contribution in [1.82, 2.24) is 9.88 Å². The van der Waals surface area contributed by atoms with Crippen molar-refractivity contribution in [2.75, 3.05) is 6.54 Å². The zero-order valence-corrected chi connectivity index (χ0v) is 7.73. The molecule has 0 aliphatic carbocycles. The first kappa shape index (κ1) is 10.4. The van der Waals surface area contributed by atoms with Crippen molar-refractivity contribution in [3.63, 3.8) is 0 Å². The van der Waals surface area contributed by atoms with E-state index in [1.54, 1.807) is 23.0 Å². The predicted octanol–water partition coefficient (Wildman–Crippen LogP) is -0.270. The molecule has 0 bridgehead atoms. The SMILES string of the molecule is C#CCNC(=O)Cn1ccc(CO)c1. The van der Waals surface area contributed by atoms with Gasteiger partial charge in [-0.25, -0.2) is 0 Å². The maximum atomic E-state index is 11.2. The van der Waals surface area contributed by atoms with Crippen LogP contribution in [0.4, 0.5) is 0 Å². The van der Waals surface area contributed by atoms with E-state index in [4.69, 9.17) is 11.5 Å². The quantitative estimate of drug-likeness (QED) is 0.645. The first-order chi connectivity index (χ1) is 6.76. The molecule has 74 valence electrons. The van der Waals surface area contributed by atoms with Gasteiger partial charge < -0.3 is 15.0 Å². The van der Waals surface area contributed by atoms with Gasteiger partial charge in [-0.05, 0) is 11.6 Å². The van der Waals surface area contributed by atoms with Crippen LogP contribution in [-0.2, 0) is 17.9 Å². The lowest BCUT2D eigenvalue weighted by Gasteiger charge is -2.02. The maximum Gasteiger partial charge on any atom is 0.240 e. The molecule has 0 unspecified atom stereocenters. The number of terminal acetylenes is 1. The Bertz CT molecular complexity index is 349. The number of hydrogen-bond acceptors (Lipinski definition) is 2. The van der Waals surface area contributed by atoms with Crippen LogP contribution in [0.25, 0.3) is 0 Å². The molecule has 1 aromatic rings. The molecule has 0 atom stereocenters. The summed E-state index contributed by atoms with van der Waals surface area (Å²) >= 11 is 0. The van der Waals surface area contributed by atoms with Crippen LogP contribution in [0, 0.1) is 12.3 Å².